The molecule has 4 nitrogen and oxygen atoms in total. The van der Waals surface area contributed by atoms with Crippen molar-refractivity contribution in [3.05, 3.63) is 12.4 Å². The van der Waals surface area contributed by atoms with Gasteiger partial charge in [-0.15, -0.1) is 0 Å². The molecule has 0 spiro atoms. The van der Waals surface area contributed by atoms with Gasteiger partial charge in [-0.25, -0.2) is 0 Å². The van der Waals surface area contributed by atoms with Gasteiger partial charge in [-0.3, -0.25) is 4.98 Å². The fourth-order valence-corrected chi connectivity index (χ4v) is 0.711. The van der Waals surface area contributed by atoms with Gasteiger partial charge in [0.2, 0.25) is 0 Å². The molecule has 0 aliphatic heterocycles. The van der Waals surface area contributed by atoms with E-state index in [1.54, 1.807) is 0 Å². The van der Waals surface area contributed by atoms with Gasteiger partial charge in [0.1, 0.15) is 5.69 Å². The second-order valence-corrected chi connectivity index (χ2v) is 2.00. The van der Waals surface area contributed by atoms with E-state index in [0.29, 0.717) is 12.4 Å². The van der Waals surface area contributed by atoms with Crippen molar-refractivity contribution in [2.24, 2.45) is 0 Å². The number of nitrogens with zero attached hydrogens (tertiary/aromatic N) is 1. The van der Waals surface area contributed by atoms with E-state index in [1.807, 2.05) is 6.92 Å². The van der Waals surface area contributed by atoms with Crippen molar-refractivity contribution in [1.29, 1.82) is 0 Å². The van der Waals surface area contributed by atoms with Crippen molar-refractivity contribution in [2.75, 3.05) is 12.3 Å². The highest BCUT2D eigenvalue weighted by molar-refractivity contribution is 5.59. The van der Waals surface area contributed by atoms with Crippen LogP contribution in [0.25, 0.3) is 0 Å². The summed E-state index contributed by atoms with van der Waals surface area (Å²) in [6.07, 6.45) is 2.75. The normalized spacial score (nSPS) is 9.55. The van der Waals surface area contributed by atoms with Crippen LogP contribution in [-0.4, -0.2) is 16.7 Å². The van der Waals surface area contributed by atoms with E-state index in [-0.39, 0.29) is 11.4 Å². The zero-order chi connectivity index (χ0) is 8.27. The molecule has 3 N–H and O–H groups in total. The van der Waals surface area contributed by atoms with Crippen molar-refractivity contribution < 1.29 is 9.84 Å². The first-order valence-electron chi connectivity index (χ1n) is 3.31. The molecular weight excluding hydrogens is 144 g/mol. The SMILES string of the molecule is CCOc1cncc(O)c1N. The van der Waals surface area contributed by atoms with E-state index in [2.05, 4.69) is 4.98 Å². The topological polar surface area (TPSA) is 68.4 Å². The van der Waals surface area contributed by atoms with E-state index in [0.717, 1.165) is 0 Å². The Labute approximate surface area is 64.6 Å². The maximum atomic E-state index is 9.06. The lowest BCUT2D eigenvalue weighted by atomic mass is 10.3. The average Bonchev–Trinajstić information content (AvgIpc) is 1.99. The lowest BCUT2D eigenvalue weighted by Crippen LogP contribution is -1.97. The number of aromatic hydroxyl groups is 1. The minimum Gasteiger partial charge on any atom is -0.504 e. The molecular formula is C7H10N2O2. The Bertz CT molecular complexity index is 250. The molecule has 0 atom stereocenters. The molecule has 1 heterocycles. The quantitative estimate of drug-likeness (QED) is 0.660. The van der Waals surface area contributed by atoms with Gasteiger partial charge in [0, 0.05) is 0 Å². The minimum atomic E-state index is -0.0454. The molecule has 0 saturated carbocycles. The number of rotatable bonds is 2. The maximum absolute atomic E-state index is 9.06. The van der Waals surface area contributed by atoms with Crippen molar-refractivity contribution >= 4 is 5.69 Å². The lowest BCUT2D eigenvalue weighted by Gasteiger charge is -2.05. The summed E-state index contributed by atoms with van der Waals surface area (Å²) < 4.78 is 5.07. The highest BCUT2D eigenvalue weighted by atomic mass is 16.5. The molecule has 0 aliphatic carbocycles. The summed E-state index contributed by atoms with van der Waals surface area (Å²) in [5.74, 6) is 0.378. The van der Waals surface area contributed by atoms with Crippen LogP contribution in [0.15, 0.2) is 12.4 Å². The highest BCUT2D eigenvalue weighted by Gasteiger charge is 2.03. The third-order valence-electron chi connectivity index (χ3n) is 1.23. The van der Waals surface area contributed by atoms with Gasteiger partial charge in [0.25, 0.3) is 0 Å². The minimum absolute atomic E-state index is 0.0454. The van der Waals surface area contributed by atoms with E-state index in [4.69, 9.17) is 15.6 Å². The second-order valence-electron chi connectivity index (χ2n) is 2.00. The van der Waals surface area contributed by atoms with Crippen LogP contribution < -0.4 is 10.5 Å². The van der Waals surface area contributed by atoms with Gasteiger partial charge in [0.05, 0.1) is 19.0 Å². The highest BCUT2D eigenvalue weighted by Crippen LogP contribution is 2.28. The molecule has 0 aliphatic rings. The van der Waals surface area contributed by atoms with Crippen LogP contribution >= 0.6 is 0 Å². The standard InChI is InChI=1S/C7H10N2O2/c1-2-11-6-4-9-3-5(10)7(6)8/h3-4,10H,2H2,1H3,(H2,8,9). The number of nitrogens with two attached hydrogens (primary N) is 1. The van der Waals surface area contributed by atoms with Gasteiger partial charge < -0.3 is 15.6 Å². The number of aromatic nitrogens is 1. The van der Waals surface area contributed by atoms with Gasteiger partial charge in [-0.2, -0.15) is 0 Å². The summed E-state index contributed by atoms with van der Waals surface area (Å²) in [5.41, 5.74) is 5.69. The predicted octanol–water partition coefficient (Wildman–Crippen LogP) is 0.768. The van der Waals surface area contributed by atoms with Crippen molar-refractivity contribution in [1.82, 2.24) is 4.98 Å². The summed E-state index contributed by atoms with van der Waals surface area (Å²) in [6, 6.07) is 0. The van der Waals surface area contributed by atoms with Crippen LogP contribution in [0.3, 0.4) is 0 Å². The predicted molar refractivity (Wildman–Crippen MR) is 41.5 cm³/mol. The van der Waals surface area contributed by atoms with E-state index < -0.39 is 0 Å². The first-order valence-corrected chi connectivity index (χ1v) is 3.31. The van der Waals surface area contributed by atoms with Crippen LogP contribution in [0.2, 0.25) is 0 Å². The number of anilines is 1. The van der Waals surface area contributed by atoms with Gasteiger partial charge in [0.15, 0.2) is 11.5 Å². The lowest BCUT2D eigenvalue weighted by molar-refractivity contribution is 0.338. The first-order chi connectivity index (χ1) is 5.25. The zero-order valence-electron chi connectivity index (χ0n) is 6.24. The molecule has 4 heteroatoms. The molecule has 60 valence electrons. The van der Waals surface area contributed by atoms with Crippen LogP contribution in [0.1, 0.15) is 6.92 Å². The third-order valence-corrected chi connectivity index (χ3v) is 1.23. The zero-order valence-corrected chi connectivity index (χ0v) is 6.24. The van der Waals surface area contributed by atoms with Gasteiger partial charge in [-0.05, 0) is 6.92 Å². The number of pyridine rings is 1. The number of ether oxygens (including phenoxy) is 1. The summed E-state index contributed by atoms with van der Waals surface area (Å²) in [6.45, 7) is 2.35. The Balaban J connectivity index is 2.96. The van der Waals surface area contributed by atoms with Crippen LogP contribution in [0.4, 0.5) is 5.69 Å². The van der Waals surface area contributed by atoms with Crippen molar-refractivity contribution in [2.45, 2.75) is 6.92 Å². The average molecular weight is 154 g/mol. The number of nitrogen functional groups attached to an aromatic ring is 1. The second kappa shape index (κ2) is 3.09. The molecule has 0 saturated heterocycles. The molecule has 0 amide bonds. The molecule has 1 aromatic heterocycles. The van der Waals surface area contributed by atoms with Crippen molar-refractivity contribution in [3.63, 3.8) is 0 Å². The monoisotopic (exact) mass is 154 g/mol. The Kier molecular flexibility index (Phi) is 2.15. The molecule has 11 heavy (non-hydrogen) atoms. The van der Waals surface area contributed by atoms with Crippen molar-refractivity contribution in [3.8, 4) is 11.5 Å². The molecule has 0 fully saturated rings. The summed E-state index contributed by atoms with van der Waals surface area (Å²) in [7, 11) is 0. The van der Waals surface area contributed by atoms with E-state index in [1.165, 1.54) is 12.4 Å². The Hall–Kier alpha value is -1.45. The number of hydrogen-bond acceptors (Lipinski definition) is 4. The molecule has 1 rings (SSSR count). The van der Waals surface area contributed by atoms with Crippen LogP contribution in [-0.2, 0) is 0 Å². The summed E-state index contributed by atoms with van der Waals surface area (Å²) in [4.78, 5) is 3.71. The molecule has 0 aromatic carbocycles. The first kappa shape index (κ1) is 7.65. The molecule has 0 bridgehead atoms. The summed E-state index contributed by atoms with van der Waals surface area (Å²) >= 11 is 0. The largest absolute Gasteiger partial charge is 0.504 e. The molecule has 0 radical (unpaired) electrons. The fourth-order valence-electron chi connectivity index (χ4n) is 0.711. The molecule has 1 aromatic rings. The van der Waals surface area contributed by atoms with Gasteiger partial charge >= 0.3 is 0 Å². The number of hydrogen-bond donors (Lipinski definition) is 2. The van der Waals surface area contributed by atoms with Crippen LogP contribution in [0.5, 0.6) is 11.5 Å². The summed E-state index contributed by atoms with van der Waals surface area (Å²) in [5, 5.41) is 9.06. The Morgan fingerprint density at radius 3 is 3.00 bits per heavy atom. The van der Waals surface area contributed by atoms with E-state index in [9.17, 15) is 0 Å². The van der Waals surface area contributed by atoms with Crippen LogP contribution in [0, 0.1) is 0 Å². The van der Waals surface area contributed by atoms with E-state index >= 15 is 0 Å². The fraction of sp³-hybridized carbons (Fsp3) is 0.286. The smallest absolute Gasteiger partial charge is 0.164 e. The third kappa shape index (κ3) is 1.52. The Morgan fingerprint density at radius 1 is 1.64 bits per heavy atom. The maximum Gasteiger partial charge on any atom is 0.164 e. The Morgan fingerprint density at radius 2 is 2.36 bits per heavy atom. The van der Waals surface area contributed by atoms with Gasteiger partial charge in [-0.1, -0.05) is 0 Å². The molecule has 0 unspecified atom stereocenters.